The molecule has 2 rings (SSSR count). The summed E-state index contributed by atoms with van der Waals surface area (Å²) in [6.07, 6.45) is 14.9. The van der Waals surface area contributed by atoms with Crippen LogP contribution >= 0.6 is 0 Å². The van der Waals surface area contributed by atoms with Gasteiger partial charge in [-0.1, -0.05) is 135 Å². The summed E-state index contributed by atoms with van der Waals surface area (Å²) in [4.78, 5) is 13.0. The van der Waals surface area contributed by atoms with Gasteiger partial charge in [-0.2, -0.15) is 0 Å². The molecular formula is C42H74FNO9. The quantitative estimate of drug-likeness (QED) is 0.0443. The number of nitrogens with one attached hydrogen (secondary N) is 1. The van der Waals surface area contributed by atoms with Crippen LogP contribution in [0.15, 0.2) is 24.3 Å². The van der Waals surface area contributed by atoms with E-state index in [1.807, 2.05) is 12.1 Å². The lowest BCUT2D eigenvalue weighted by Gasteiger charge is -2.40. The zero-order valence-electron chi connectivity index (χ0n) is 32.9. The van der Waals surface area contributed by atoms with Gasteiger partial charge in [-0.05, 0) is 43.4 Å². The normalized spacial score (nSPS) is 22.1. The minimum absolute atomic E-state index is 0.0388. The summed E-state index contributed by atoms with van der Waals surface area (Å²) in [5, 5.41) is 56.0. The van der Waals surface area contributed by atoms with Crippen molar-refractivity contribution < 1.29 is 48.9 Å². The van der Waals surface area contributed by atoms with Crippen LogP contribution < -0.4 is 5.32 Å². The highest BCUT2D eigenvalue weighted by Gasteiger charge is 2.44. The number of unbranched alkanes of at least 4 members (excludes halogenated alkanes) is 18. The van der Waals surface area contributed by atoms with Crippen molar-refractivity contribution in [3.63, 3.8) is 0 Å². The molecule has 0 aliphatic carbocycles. The Morgan fingerprint density at radius 3 is 1.85 bits per heavy atom. The van der Waals surface area contributed by atoms with Crippen molar-refractivity contribution in [3.05, 3.63) is 35.6 Å². The number of methoxy groups -OCH3 is 1. The number of amides is 1. The lowest BCUT2D eigenvalue weighted by Crippen LogP contribution is -2.60. The minimum atomic E-state index is -1.56. The van der Waals surface area contributed by atoms with Crippen molar-refractivity contribution in [3.8, 4) is 0 Å². The molecule has 2 unspecified atom stereocenters. The molecule has 10 nitrogen and oxygen atoms in total. The standard InChI is InChI=1S/C42H74FNO9/c1-3-4-5-6-7-8-9-10-11-15-18-21-24-35(45)38(47)34(30-52-42-41(50)40(49)39(48)36(53-42)31-51-2)44-37(46)25-22-19-16-13-12-14-17-20-23-32-26-28-33(43)29-27-32/h26-29,34-36,38-42,45,47-50H,3-25,30-31H2,1-2H3,(H,44,46)/t34-,35+,36?,38-,39-,40-,41?,42-/m0/s1. The number of aliphatic hydroxyl groups is 5. The van der Waals surface area contributed by atoms with Gasteiger partial charge in [-0.3, -0.25) is 4.79 Å². The highest BCUT2D eigenvalue weighted by Crippen LogP contribution is 2.23. The van der Waals surface area contributed by atoms with Crippen LogP contribution in [0.1, 0.15) is 154 Å². The molecule has 8 atom stereocenters. The maximum absolute atomic E-state index is 13.1. The van der Waals surface area contributed by atoms with Crippen molar-refractivity contribution in [2.45, 2.75) is 204 Å². The summed E-state index contributed by atoms with van der Waals surface area (Å²) in [6, 6.07) is 5.71. The van der Waals surface area contributed by atoms with Gasteiger partial charge in [0.25, 0.3) is 0 Å². The van der Waals surface area contributed by atoms with Crippen molar-refractivity contribution in [1.29, 1.82) is 0 Å². The predicted molar refractivity (Wildman–Crippen MR) is 206 cm³/mol. The van der Waals surface area contributed by atoms with E-state index in [4.69, 9.17) is 14.2 Å². The smallest absolute Gasteiger partial charge is 0.220 e. The van der Waals surface area contributed by atoms with E-state index in [9.17, 15) is 34.7 Å². The number of halogens is 1. The highest BCUT2D eigenvalue weighted by molar-refractivity contribution is 5.76. The number of hydrogen-bond donors (Lipinski definition) is 6. The number of carbonyl (C=O) groups is 1. The molecule has 53 heavy (non-hydrogen) atoms. The van der Waals surface area contributed by atoms with E-state index in [2.05, 4.69) is 12.2 Å². The first-order chi connectivity index (χ1) is 25.7. The van der Waals surface area contributed by atoms with Gasteiger partial charge >= 0.3 is 0 Å². The zero-order valence-corrected chi connectivity index (χ0v) is 32.9. The average Bonchev–Trinajstić information content (AvgIpc) is 3.15. The minimum Gasteiger partial charge on any atom is -0.390 e. The number of aryl methyl sites for hydroxylation is 1. The maximum atomic E-state index is 13.1. The van der Waals surface area contributed by atoms with Crippen LogP contribution in [0, 0.1) is 5.82 Å². The Hall–Kier alpha value is -1.70. The molecule has 1 amide bonds. The molecule has 6 N–H and O–H groups in total. The van der Waals surface area contributed by atoms with E-state index in [1.54, 1.807) is 0 Å². The van der Waals surface area contributed by atoms with E-state index < -0.39 is 49.0 Å². The monoisotopic (exact) mass is 756 g/mol. The first-order valence-corrected chi connectivity index (χ1v) is 20.9. The van der Waals surface area contributed by atoms with Crippen LogP contribution in [0.25, 0.3) is 0 Å². The van der Waals surface area contributed by atoms with Gasteiger partial charge in [0, 0.05) is 13.5 Å². The van der Waals surface area contributed by atoms with E-state index in [-0.39, 0.29) is 31.4 Å². The maximum Gasteiger partial charge on any atom is 0.220 e. The van der Waals surface area contributed by atoms with Crippen LogP contribution in [0.2, 0.25) is 0 Å². The highest BCUT2D eigenvalue weighted by atomic mass is 19.1. The number of hydrogen-bond acceptors (Lipinski definition) is 9. The van der Waals surface area contributed by atoms with Crippen LogP contribution in [-0.2, 0) is 25.4 Å². The first kappa shape index (κ1) is 47.5. The summed E-state index contributed by atoms with van der Waals surface area (Å²) in [6.45, 7) is 1.91. The van der Waals surface area contributed by atoms with E-state index in [1.165, 1.54) is 70.6 Å². The summed E-state index contributed by atoms with van der Waals surface area (Å²) in [5.41, 5.74) is 1.16. The van der Waals surface area contributed by atoms with Gasteiger partial charge < -0.3 is 45.1 Å². The topological polar surface area (TPSA) is 158 Å². The Morgan fingerprint density at radius 1 is 0.755 bits per heavy atom. The SMILES string of the molecule is CCCCCCCCCCCCCC[C@@H](O)[C@@H](O)[C@H](CO[C@H]1OC(COC)[C@H](O)[C@H](O)C1O)NC(=O)CCCCCCCCCCc1ccc(F)cc1. The fraction of sp³-hybridized carbons (Fsp3) is 0.833. The Kier molecular flexibility index (Phi) is 26.5. The number of ether oxygens (including phenoxy) is 3. The third-order valence-corrected chi connectivity index (χ3v) is 10.5. The molecule has 1 aromatic rings. The lowest BCUT2D eigenvalue weighted by atomic mass is 9.98. The predicted octanol–water partition coefficient (Wildman–Crippen LogP) is 6.65. The summed E-state index contributed by atoms with van der Waals surface area (Å²) in [5.74, 6) is -0.476. The molecule has 11 heteroatoms. The summed E-state index contributed by atoms with van der Waals surface area (Å²) in [7, 11) is 1.42. The average molecular weight is 756 g/mol. The van der Waals surface area contributed by atoms with Gasteiger partial charge in [0.1, 0.15) is 36.3 Å². The Balaban J connectivity index is 1.74. The Morgan fingerprint density at radius 2 is 1.28 bits per heavy atom. The molecule has 1 saturated heterocycles. The van der Waals surface area contributed by atoms with Crippen LogP contribution in [0.5, 0.6) is 0 Å². The molecule has 0 saturated carbocycles. The van der Waals surface area contributed by atoms with Crippen molar-refractivity contribution in [1.82, 2.24) is 5.32 Å². The second kappa shape index (κ2) is 29.6. The van der Waals surface area contributed by atoms with Crippen LogP contribution in [0.4, 0.5) is 4.39 Å². The zero-order chi connectivity index (χ0) is 38.7. The third kappa shape index (κ3) is 20.7. The van der Waals surface area contributed by atoms with Crippen molar-refractivity contribution in [2.75, 3.05) is 20.3 Å². The van der Waals surface area contributed by atoms with Crippen LogP contribution in [-0.4, -0.2) is 101 Å². The first-order valence-electron chi connectivity index (χ1n) is 20.9. The third-order valence-electron chi connectivity index (χ3n) is 10.5. The Bertz CT molecular complexity index is 1030. The lowest BCUT2D eigenvalue weighted by molar-refractivity contribution is -0.304. The molecular weight excluding hydrogens is 681 g/mol. The molecule has 1 aromatic carbocycles. The number of carbonyl (C=O) groups excluding carboxylic acids is 1. The van der Waals surface area contributed by atoms with E-state index in [0.29, 0.717) is 12.8 Å². The fourth-order valence-corrected chi connectivity index (χ4v) is 7.02. The summed E-state index contributed by atoms with van der Waals surface area (Å²) >= 11 is 0. The number of benzene rings is 1. The van der Waals surface area contributed by atoms with E-state index in [0.717, 1.165) is 82.6 Å². The van der Waals surface area contributed by atoms with Gasteiger partial charge in [0.15, 0.2) is 6.29 Å². The molecule has 0 aromatic heterocycles. The molecule has 0 spiro atoms. The van der Waals surface area contributed by atoms with Gasteiger partial charge in [-0.15, -0.1) is 0 Å². The molecule has 308 valence electrons. The molecule has 0 bridgehead atoms. The largest absolute Gasteiger partial charge is 0.390 e. The molecule has 1 heterocycles. The summed E-state index contributed by atoms with van der Waals surface area (Å²) < 4.78 is 29.5. The molecule has 1 aliphatic rings. The molecule has 1 fully saturated rings. The second-order valence-corrected chi connectivity index (χ2v) is 15.2. The second-order valence-electron chi connectivity index (χ2n) is 15.2. The molecule has 1 aliphatic heterocycles. The van der Waals surface area contributed by atoms with Crippen molar-refractivity contribution in [2.24, 2.45) is 0 Å². The Labute approximate surface area is 319 Å². The molecule has 0 radical (unpaired) electrons. The van der Waals surface area contributed by atoms with Crippen molar-refractivity contribution >= 4 is 5.91 Å². The van der Waals surface area contributed by atoms with Gasteiger partial charge in [0.05, 0.1) is 25.4 Å². The van der Waals surface area contributed by atoms with Crippen LogP contribution in [0.3, 0.4) is 0 Å². The fourth-order valence-electron chi connectivity index (χ4n) is 7.02. The van der Waals surface area contributed by atoms with Gasteiger partial charge in [0.2, 0.25) is 5.91 Å². The number of rotatable bonds is 32. The van der Waals surface area contributed by atoms with E-state index >= 15 is 0 Å². The van der Waals surface area contributed by atoms with Gasteiger partial charge in [-0.25, -0.2) is 4.39 Å². The number of aliphatic hydroxyl groups excluding tert-OH is 5.